The van der Waals surface area contributed by atoms with Crippen molar-refractivity contribution in [3.05, 3.63) is 71.4 Å². The van der Waals surface area contributed by atoms with Crippen molar-refractivity contribution >= 4 is 44.2 Å². The van der Waals surface area contributed by atoms with E-state index in [0.717, 1.165) is 53.3 Å². The molecule has 0 bridgehead atoms. The van der Waals surface area contributed by atoms with Gasteiger partial charge in [-0.25, -0.2) is 18.4 Å². The topological polar surface area (TPSA) is 119 Å². The van der Waals surface area contributed by atoms with Crippen molar-refractivity contribution in [3.63, 3.8) is 0 Å². The maximum Gasteiger partial charge on any atom is 0.263 e. The molecule has 1 saturated carbocycles. The van der Waals surface area contributed by atoms with E-state index in [0.29, 0.717) is 23.4 Å². The number of nitrogens with one attached hydrogen (secondary N) is 2. The van der Waals surface area contributed by atoms with Crippen LogP contribution in [0, 0.1) is 6.92 Å². The van der Waals surface area contributed by atoms with Gasteiger partial charge in [-0.2, -0.15) is 0 Å². The second-order valence-corrected chi connectivity index (χ2v) is 11.7. The van der Waals surface area contributed by atoms with Crippen molar-refractivity contribution in [2.45, 2.75) is 49.6 Å². The van der Waals surface area contributed by atoms with Gasteiger partial charge in [-0.3, -0.25) is 4.72 Å². The highest BCUT2D eigenvalue weighted by atomic mass is 35.5. The number of aryl methyl sites for hydroxylation is 1. The van der Waals surface area contributed by atoms with Crippen LogP contribution in [0.25, 0.3) is 22.0 Å². The molecule has 1 heterocycles. The molecule has 4 N–H and O–H groups in total. The molecule has 1 aliphatic rings. The van der Waals surface area contributed by atoms with Gasteiger partial charge in [0.15, 0.2) is 0 Å². The number of methoxy groups -OCH3 is 1. The zero-order chi connectivity index (χ0) is 26.9. The van der Waals surface area contributed by atoms with Gasteiger partial charge in [-0.05, 0) is 85.7 Å². The fraction of sp³-hybridized carbons (Fsp3) is 0.286. The minimum absolute atomic E-state index is 0.0311. The summed E-state index contributed by atoms with van der Waals surface area (Å²) in [6, 6.07) is 16.3. The Hall–Kier alpha value is -3.40. The van der Waals surface area contributed by atoms with Crippen LogP contribution in [0.3, 0.4) is 0 Å². The first-order valence-electron chi connectivity index (χ1n) is 12.5. The fourth-order valence-electron chi connectivity index (χ4n) is 4.86. The summed E-state index contributed by atoms with van der Waals surface area (Å²) in [5.74, 6) is 1.21. The molecule has 10 heteroatoms. The highest BCUT2D eigenvalue weighted by Crippen LogP contribution is 2.35. The third-order valence-corrected chi connectivity index (χ3v) is 8.77. The van der Waals surface area contributed by atoms with E-state index in [2.05, 4.69) is 15.0 Å². The van der Waals surface area contributed by atoms with Gasteiger partial charge in [-0.1, -0.05) is 29.8 Å². The number of ether oxygens (including phenoxy) is 1. The Bertz CT molecular complexity index is 1590. The molecule has 1 fully saturated rings. The third-order valence-electron chi connectivity index (χ3n) is 6.89. The maximum absolute atomic E-state index is 12.8. The Morgan fingerprint density at radius 3 is 2.53 bits per heavy atom. The Balaban J connectivity index is 1.41. The predicted octanol–water partition coefficient (Wildman–Crippen LogP) is 5.75. The van der Waals surface area contributed by atoms with Gasteiger partial charge in [0.25, 0.3) is 10.0 Å². The summed E-state index contributed by atoms with van der Waals surface area (Å²) in [4.78, 5) is 9.32. The van der Waals surface area contributed by atoms with Gasteiger partial charge in [0.2, 0.25) is 5.95 Å². The number of hydrogen-bond donors (Lipinski definition) is 3. The normalized spacial score (nSPS) is 17.8. The second-order valence-electron chi connectivity index (χ2n) is 9.63. The summed E-state index contributed by atoms with van der Waals surface area (Å²) >= 11 is 6.10. The Morgan fingerprint density at radius 2 is 1.82 bits per heavy atom. The highest BCUT2D eigenvalue weighted by molar-refractivity contribution is 7.92. The quantitative estimate of drug-likeness (QED) is 0.267. The summed E-state index contributed by atoms with van der Waals surface area (Å²) in [6.07, 6.45) is 5.80. The molecule has 3 aromatic carbocycles. The summed E-state index contributed by atoms with van der Waals surface area (Å²) in [6.45, 7) is 1.93. The van der Waals surface area contributed by atoms with Crippen LogP contribution in [0.2, 0.25) is 5.02 Å². The molecule has 8 nitrogen and oxygen atoms in total. The number of nitrogens with zero attached hydrogens (tertiary/aromatic N) is 2. The number of fused-ring (bicyclic) bond motifs is 1. The van der Waals surface area contributed by atoms with Gasteiger partial charge < -0.3 is 15.8 Å². The molecule has 0 aliphatic heterocycles. The number of anilines is 2. The van der Waals surface area contributed by atoms with Gasteiger partial charge >= 0.3 is 0 Å². The smallest absolute Gasteiger partial charge is 0.263 e. The van der Waals surface area contributed by atoms with Crippen LogP contribution >= 0.6 is 11.6 Å². The minimum Gasteiger partial charge on any atom is -0.494 e. The molecule has 1 aliphatic carbocycles. The Morgan fingerprint density at radius 1 is 1.05 bits per heavy atom. The zero-order valence-electron chi connectivity index (χ0n) is 21.2. The number of aromatic nitrogens is 2. The van der Waals surface area contributed by atoms with Crippen LogP contribution in [0.5, 0.6) is 5.75 Å². The number of nitrogens with two attached hydrogens (primary N) is 1. The molecule has 4 aromatic rings. The summed E-state index contributed by atoms with van der Waals surface area (Å²) in [7, 11) is -2.21. The largest absolute Gasteiger partial charge is 0.494 e. The summed E-state index contributed by atoms with van der Waals surface area (Å²) in [5.41, 5.74) is 9.94. The standard InChI is InChI=1S/C28H30ClN5O3S/c1-17-13-22(34-38(35,36)26-6-4-3-5-24(26)29)11-12-23(17)18-14-19-16-31-28(33-27(19)25(15-18)37-2)32-21-9-7-20(30)8-10-21/h3-6,11-16,20-21,34H,7-10,30H2,1-2H3,(H,31,32,33)/t20-,21-. The number of benzene rings is 3. The van der Waals surface area contributed by atoms with E-state index in [4.69, 9.17) is 27.1 Å². The van der Waals surface area contributed by atoms with E-state index in [-0.39, 0.29) is 16.0 Å². The van der Waals surface area contributed by atoms with Gasteiger partial charge in [0.1, 0.15) is 16.2 Å². The van der Waals surface area contributed by atoms with Gasteiger partial charge in [0, 0.05) is 29.4 Å². The van der Waals surface area contributed by atoms with Crippen LogP contribution in [-0.4, -0.2) is 37.6 Å². The van der Waals surface area contributed by atoms with Crippen molar-refractivity contribution in [3.8, 4) is 16.9 Å². The monoisotopic (exact) mass is 551 g/mol. The highest BCUT2D eigenvalue weighted by Gasteiger charge is 2.20. The number of hydrogen-bond acceptors (Lipinski definition) is 7. The van der Waals surface area contributed by atoms with Crippen molar-refractivity contribution in [2.75, 3.05) is 17.1 Å². The van der Waals surface area contributed by atoms with E-state index in [1.807, 2.05) is 25.1 Å². The third kappa shape index (κ3) is 5.55. The number of rotatable bonds is 7. The zero-order valence-corrected chi connectivity index (χ0v) is 22.8. The molecule has 0 atom stereocenters. The molecule has 1 aromatic heterocycles. The van der Waals surface area contributed by atoms with Crippen LogP contribution in [0.4, 0.5) is 11.6 Å². The maximum atomic E-state index is 12.8. The van der Waals surface area contributed by atoms with Gasteiger partial charge in [-0.15, -0.1) is 0 Å². The molecule has 0 amide bonds. The first-order chi connectivity index (χ1) is 18.2. The first-order valence-corrected chi connectivity index (χ1v) is 14.3. The van der Waals surface area contributed by atoms with Crippen molar-refractivity contribution in [1.82, 2.24) is 9.97 Å². The summed E-state index contributed by atoms with van der Waals surface area (Å²) in [5, 5.41) is 4.46. The second kappa shape index (κ2) is 10.8. The van der Waals surface area contributed by atoms with Crippen LogP contribution in [0.15, 0.2) is 65.7 Å². The van der Waals surface area contributed by atoms with E-state index in [1.165, 1.54) is 6.07 Å². The lowest BCUT2D eigenvalue weighted by molar-refractivity contribution is 0.409. The Kier molecular flexibility index (Phi) is 7.43. The lowest BCUT2D eigenvalue weighted by Crippen LogP contribution is -2.33. The molecule has 5 rings (SSSR count). The minimum atomic E-state index is -3.83. The fourth-order valence-corrected chi connectivity index (χ4v) is 6.43. The summed E-state index contributed by atoms with van der Waals surface area (Å²) < 4.78 is 34.0. The molecular formula is C28H30ClN5O3S. The van der Waals surface area contributed by atoms with Gasteiger partial charge in [0.05, 0.1) is 12.1 Å². The van der Waals surface area contributed by atoms with Crippen molar-refractivity contribution < 1.29 is 13.2 Å². The predicted molar refractivity (Wildman–Crippen MR) is 152 cm³/mol. The van der Waals surface area contributed by atoms with Crippen LogP contribution in [-0.2, 0) is 10.0 Å². The van der Waals surface area contributed by atoms with Crippen molar-refractivity contribution in [2.24, 2.45) is 5.73 Å². The van der Waals surface area contributed by atoms with Crippen LogP contribution < -0.4 is 20.5 Å². The number of sulfonamides is 1. The lowest BCUT2D eigenvalue weighted by atomic mass is 9.92. The first kappa shape index (κ1) is 26.2. The average Bonchev–Trinajstić information content (AvgIpc) is 2.89. The van der Waals surface area contributed by atoms with Crippen LogP contribution in [0.1, 0.15) is 31.2 Å². The molecule has 198 valence electrons. The van der Waals surface area contributed by atoms with Crippen molar-refractivity contribution in [1.29, 1.82) is 0 Å². The molecule has 0 radical (unpaired) electrons. The van der Waals surface area contributed by atoms with E-state index in [9.17, 15) is 8.42 Å². The molecular weight excluding hydrogens is 522 g/mol. The molecule has 38 heavy (non-hydrogen) atoms. The Labute approximate surface area is 227 Å². The average molecular weight is 552 g/mol. The molecule has 0 unspecified atom stereocenters. The molecule has 0 spiro atoms. The van der Waals surface area contributed by atoms with E-state index >= 15 is 0 Å². The number of halogens is 1. The SMILES string of the molecule is COc1cc(-c2ccc(NS(=O)(=O)c3ccccc3Cl)cc2C)cc2cnc(N[C@H]3CC[C@H](N)CC3)nc12. The lowest BCUT2D eigenvalue weighted by Gasteiger charge is -2.26. The van der Waals surface area contributed by atoms with E-state index in [1.54, 1.807) is 43.6 Å². The van der Waals surface area contributed by atoms with E-state index < -0.39 is 10.0 Å². The molecule has 0 saturated heterocycles.